The predicted octanol–water partition coefficient (Wildman–Crippen LogP) is 1.40. The first-order valence-corrected chi connectivity index (χ1v) is 5.07. The molecule has 2 N–H and O–H groups in total. The third-order valence-electron chi connectivity index (χ3n) is 3.79. The standard InChI is InChI=1S/C10H19NO/c1-12-6-7-2-5-10(11)9-4-3-8(7)9/h7-10H,2-6,11H2,1H3. The molecule has 0 saturated heterocycles. The molecule has 0 heterocycles. The van der Waals surface area contributed by atoms with Gasteiger partial charge in [-0.25, -0.2) is 0 Å². The van der Waals surface area contributed by atoms with Gasteiger partial charge in [0.05, 0.1) is 0 Å². The number of rotatable bonds is 2. The summed E-state index contributed by atoms with van der Waals surface area (Å²) in [6, 6.07) is 0.497. The van der Waals surface area contributed by atoms with E-state index in [9.17, 15) is 0 Å². The minimum atomic E-state index is 0.497. The molecule has 0 amide bonds. The second-order valence-corrected chi connectivity index (χ2v) is 4.36. The monoisotopic (exact) mass is 169 g/mol. The summed E-state index contributed by atoms with van der Waals surface area (Å²) in [5.41, 5.74) is 6.04. The lowest BCUT2D eigenvalue weighted by molar-refractivity contribution is -0.00534. The quantitative estimate of drug-likeness (QED) is 0.678. The Labute approximate surface area is 74.5 Å². The van der Waals surface area contributed by atoms with Crippen LogP contribution < -0.4 is 5.73 Å². The molecule has 0 aliphatic heterocycles. The summed E-state index contributed by atoms with van der Waals surface area (Å²) in [5, 5.41) is 0. The van der Waals surface area contributed by atoms with Gasteiger partial charge in [0.15, 0.2) is 0 Å². The Hall–Kier alpha value is -0.0800. The first kappa shape index (κ1) is 8.52. The summed E-state index contributed by atoms with van der Waals surface area (Å²) in [7, 11) is 1.81. The van der Waals surface area contributed by atoms with E-state index in [0.717, 1.165) is 24.4 Å². The van der Waals surface area contributed by atoms with E-state index in [1.165, 1.54) is 25.7 Å². The third-order valence-corrected chi connectivity index (χ3v) is 3.79. The summed E-state index contributed by atoms with van der Waals surface area (Å²) in [6.45, 7) is 0.952. The highest BCUT2D eigenvalue weighted by Crippen LogP contribution is 2.47. The summed E-state index contributed by atoms with van der Waals surface area (Å²) >= 11 is 0. The Morgan fingerprint density at radius 2 is 1.92 bits per heavy atom. The van der Waals surface area contributed by atoms with Crippen molar-refractivity contribution < 1.29 is 4.74 Å². The zero-order valence-electron chi connectivity index (χ0n) is 7.83. The van der Waals surface area contributed by atoms with Crippen LogP contribution in [0.25, 0.3) is 0 Å². The fraction of sp³-hybridized carbons (Fsp3) is 1.00. The number of ether oxygens (including phenoxy) is 1. The molecule has 2 fully saturated rings. The van der Waals surface area contributed by atoms with E-state index >= 15 is 0 Å². The van der Waals surface area contributed by atoms with Crippen molar-refractivity contribution in [1.82, 2.24) is 0 Å². The van der Waals surface area contributed by atoms with Crippen molar-refractivity contribution in [2.45, 2.75) is 31.7 Å². The van der Waals surface area contributed by atoms with Crippen LogP contribution in [0.5, 0.6) is 0 Å². The van der Waals surface area contributed by atoms with Gasteiger partial charge in [0.1, 0.15) is 0 Å². The number of hydrogen-bond donors (Lipinski definition) is 1. The summed E-state index contributed by atoms with van der Waals surface area (Å²) < 4.78 is 5.23. The maximum Gasteiger partial charge on any atom is 0.0493 e. The zero-order chi connectivity index (χ0) is 8.55. The van der Waals surface area contributed by atoms with Crippen LogP contribution in [0.4, 0.5) is 0 Å². The van der Waals surface area contributed by atoms with Gasteiger partial charge in [0.25, 0.3) is 0 Å². The van der Waals surface area contributed by atoms with Crippen LogP contribution in [-0.4, -0.2) is 19.8 Å². The summed E-state index contributed by atoms with van der Waals surface area (Å²) in [6.07, 6.45) is 5.27. The minimum absolute atomic E-state index is 0.497. The lowest BCUT2D eigenvalue weighted by Gasteiger charge is -2.49. The van der Waals surface area contributed by atoms with Crippen molar-refractivity contribution in [3.8, 4) is 0 Å². The van der Waals surface area contributed by atoms with Gasteiger partial charge in [-0.2, -0.15) is 0 Å². The van der Waals surface area contributed by atoms with Crippen molar-refractivity contribution in [3.63, 3.8) is 0 Å². The Morgan fingerprint density at radius 3 is 2.50 bits per heavy atom. The van der Waals surface area contributed by atoms with Crippen LogP contribution in [0.2, 0.25) is 0 Å². The Kier molecular flexibility index (Phi) is 2.37. The van der Waals surface area contributed by atoms with Gasteiger partial charge in [0.2, 0.25) is 0 Å². The molecule has 2 saturated carbocycles. The fourth-order valence-corrected chi connectivity index (χ4v) is 2.92. The zero-order valence-corrected chi connectivity index (χ0v) is 7.83. The van der Waals surface area contributed by atoms with Crippen LogP contribution in [0, 0.1) is 17.8 Å². The van der Waals surface area contributed by atoms with E-state index in [1.807, 2.05) is 7.11 Å². The molecule has 4 atom stereocenters. The van der Waals surface area contributed by atoms with E-state index in [2.05, 4.69) is 0 Å². The Balaban J connectivity index is 1.92. The highest BCUT2D eigenvalue weighted by atomic mass is 16.5. The van der Waals surface area contributed by atoms with E-state index in [0.29, 0.717) is 6.04 Å². The highest BCUT2D eigenvalue weighted by Gasteiger charge is 2.43. The van der Waals surface area contributed by atoms with Crippen LogP contribution in [0.3, 0.4) is 0 Å². The molecular formula is C10H19NO. The van der Waals surface area contributed by atoms with Crippen LogP contribution >= 0.6 is 0 Å². The van der Waals surface area contributed by atoms with Crippen molar-refractivity contribution >= 4 is 0 Å². The Bertz CT molecular complexity index is 160. The molecule has 0 spiro atoms. The third kappa shape index (κ3) is 1.27. The molecule has 2 nitrogen and oxygen atoms in total. The molecule has 2 rings (SSSR count). The Morgan fingerprint density at radius 1 is 1.17 bits per heavy atom. The summed E-state index contributed by atoms with van der Waals surface area (Å²) in [4.78, 5) is 0. The molecule has 12 heavy (non-hydrogen) atoms. The van der Waals surface area contributed by atoms with Crippen molar-refractivity contribution in [2.75, 3.05) is 13.7 Å². The topological polar surface area (TPSA) is 35.2 Å². The van der Waals surface area contributed by atoms with Gasteiger partial charge >= 0.3 is 0 Å². The smallest absolute Gasteiger partial charge is 0.0493 e. The number of fused-ring (bicyclic) bond motifs is 1. The molecule has 2 aliphatic rings. The van der Waals surface area contributed by atoms with Crippen molar-refractivity contribution in [2.24, 2.45) is 23.5 Å². The molecule has 0 aromatic rings. The van der Waals surface area contributed by atoms with E-state index < -0.39 is 0 Å². The highest BCUT2D eigenvalue weighted by molar-refractivity contribution is 4.95. The lowest BCUT2D eigenvalue weighted by atomic mass is 9.59. The molecule has 0 aromatic carbocycles. The van der Waals surface area contributed by atoms with Gasteiger partial charge in [0, 0.05) is 19.8 Å². The lowest BCUT2D eigenvalue weighted by Crippen LogP contribution is -2.49. The normalized spacial score (nSPS) is 46.5. The fourth-order valence-electron chi connectivity index (χ4n) is 2.92. The second-order valence-electron chi connectivity index (χ2n) is 4.36. The molecule has 0 radical (unpaired) electrons. The molecule has 2 heteroatoms. The van der Waals surface area contributed by atoms with Gasteiger partial charge in [-0.15, -0.1) is 0 Å². The first-order chi connectivity index (χ1) is 5.83. The minimum Gasteiger partial charge on any atom is -0.384 e. The van der Waals surface area contributed by atoms with Gasteiger partial charge in [-0.3, -0.25) is 0 Å². The maximum atomic E-state index is 6.04. The molecular weight excluding hydrogens is 150 g/mol. The van der Waals surface area contributed by atoms with Crippen molar-refractivity contribution in [1.29, 1.82) is 0 Å². The summed E-state index contributed by atoms with van der Waals surface area (Å²) in [5.74, 6) is 2.54. The number of nitrogens with two attached hydrogens (primary N) is 1. The van der Waals surface area contributed by atoms with Gasteiger partial charge in [-0.05, 0) is 43.4 Å². The molecule has 4 unspecified atom stereocenters. The number of methoxy groups -OCH3 is 1. The van der Waals surface area contributed by atoms with E-state index in [-0.39, 0.29) is 0 Å². The van der Waals surface area contributed by atoms with E-state index in [1.54, 1.807) is 0 Å². The van der Waals surface area contributed by atoms with Crippen molar-refractivity contribution in [3.05, 3.63) is 0 Å². The largest absolute Gasteiger partial charge is 0.384 e. The predicted molar refractivity (Wildman–Crippen MR) is 48.8 cm³/mol. The first-order valence-electron chi connectivity index (χ1n) is 5.07. The average molecular weight is 169 g/mol. The molecule has 0 bridgehead atoms. The maximum absolute atomic E-state index is 6.04. The van der Waals surface area contributed by atoms with Gasteiger partial charge in [-0.1, -0.05) is 0 Å². The molecule has 70 valence electrons. The van der Waals surface area contributed by atoms with Crippen LogP contribution in [0.1, 0.15) is 25.7 Å². The second kappa shape index (κ2) is 3.35. The SMILES string of the molecule is COCC1CCC(N)C2CCC12. The van der Waals surface area contributed by atoms with Crippen LogP contribution in [0.15, 0.2) is 0 Å². The molecule has 2 aliphatic carbocycles. The van der Waals surface area contributed by atoms with Crippen LogP contribution in [-0.2, 0) is 4.74 Å². The number of hydrogen-bond acceptors (Lipinski definition) is 2. The van der Waals surface area contributed by atoms with Gasteiger partial charge < -0.3 is 10.5 Å². The van der Waals surface area contributed by atoms with E-state index in [4.69, 9.17) is 10.5 Å². The molecule has 0 aromatic heterocycles. The average Bonchev–Trinajstić information content (AvgIpc) is 1.96.